The molecule has 0 bridgehead atoms. The van der Waals surface area contributed by atoms with Gasteiger partial charge in [0.05, 0.1) is 29.6 Å². The van der Waals surface area contributed by atoms with E-state index in [0.29, 0.717) is 59.9 Å². The van der Waals surface area contributed by atoms with Gasteiger partial charge in [-0.25, -0.2) is 0 Å². The first kappa shape index (κ1) is 30.5. The van der Waals surface area contributed by atoms with Crippen LogP contribution in [0.15, 0.2) is 54.4 Å². The van der Waals surface area contributed by atoms with Gasteiger partial charge in [-0.1, -0.05) is 53.7 Å². The summed E-state index contributed by atoms with van der Waals surface area (Å²) in [5, 5.41) is 12.7. The van der Waals surface area contributed by atoms with E-state index in [1.807, 2.05) is 18.2 Å². The van der Waals surface area contributed by atoms with Crippen LogP contribution >= 0.6 is 0 Å². The van der Waals surface area contributed by atoms with Crippen molar-refractivity contribution in [2.45, 2.75) is 64.6 Å². The maximum Gasteiger partial charge on any atom is 0.253 e. The number of nitrogens with zero attached hydrogens (tertiary/aromatic N) is 3. The Hall–Kier alpha value is -3.45. The maximum absolute atomic E-state index is 13.3. The molecule has 2 heterocycles. The molecule has 218 valence electrons. The number of carbonyl (C=O) groups excluding carboxylic acids is 2. The molecule has 41 heavy (non-hydrogen) atoms. The number of nitrogens with one attached hydrogen (secondary N) is 1. The van der Waals surface area contributed by atoms with E-state index in [4.69, 9.17) is 9.16 Å². The molecular weight excluding hydrogens is 532 g/mol. The summed E-state index contributed by atoms with van der Waals surface area (Å²) in [6.07, 6.45) is 2.38. The molecule has 9 heteroatoms. The summed E-state index contributed by atoms with van der Waals surface area (Å²) in [6, 6.07) is 14.7. The van der Waals surface area contributed by atoms with Crippen molar-refractivity contribution in [2.75, 3.05) is 48.0 Å². The maximum atomic E-state index is 13.3. The largest absolute Gasteiger partial charge is 0.416 e. The van der Waals surface area contributed by atoms with Crippen LogP contribution in [0.5, 0.6) is 0 Å². The van der Waals surface area contributed by atoms with E-state index < -0.39 is 8.32 Å². The van der Waals surface area contributed by atoms with Gasteiger partial charge < -0.3 is 24.3 Å². The van der Waals surface area contributed by atoms with Crippen LogP contribution in [0.2, 0.25) is 16.6 Å². The highest BCUT2D eigenvalue weighted by Gasteiger charge is 2.44. The molecule has 0 atom stereocenters. The van der Waals surface area contributed by atoms with Crippen LogP contribution in [-0.4, -0.2) is 52.9 Å². The van der Waals surface area contributed by atoms with Crippen molar-refractivity contribution < 1.29 is 18.8 Å². The number of anilines is 3. The number of ether oxygens (including phenoxy) is 1. The zero-order valence-corrected chi connectivity index (χ0v) is 26.1. The predicted octanol–water partition coefficient (Wildman–Crippen LogP) is 6.46. The normalized spacial score (nSPS) is 16.5. The van der Waals surface area contributed by atoms with Crippen molar-refractivity contribution in [1.82, 2.24) is 0 Å². The topological polar surface area (TPSA) is 94.9 Å². The van der Waals surface area contributed by atoms with Crippen molar-refractivity contribution in [3.05, 3.63) is 65.5 Å². The van der Waals surface area contributed by atoms with Crippen LogP contribution in [0, 0.1) is 11.3 Å². The van der Waals surface area contributed by atoms with Gasteiger partial charge >= 0.3 is 0 Å². The van der Waals surface area contributed by atoms with Crippen LogP contribution in [0.1, 0.15) is 63.9 Å². The molecule has 1 amide bonds. The van der Waals surface area contributed by atoms with Gasteiger partial charge in [0.15, 0.2) is 14.1 Å². The summed E-state index contributed by atoms with van der Waals surface area (Å²) in [4.78, 5) is 29.6. The Bertz CT molecular complexity index is 1330. The first-order valence-electron chi connectivity index (χ1n) is 14.5. The Balaban J connectivity index is 1.59. The lowest BCUT2D eigenvalue weighted by molar-refractivity contribution is -0.125. The summed E-state index contributed by atoms with van der Waals surface area (Å²) < 4.78 is 12.1. The van der Waals surface area contributed by atoms with Crippen LogP contribution in [-0.2, 0) is 14.0 Å². The lowest BCUT2D eigenvalue weighted by Crippen LogP contribution is -2.48. The molecule has 2 aromatic carbocycles. The number of allylic oxidation sites excluding steroid dienone is 1. The fourth-order valence-electron chi connectivity index (χ4n) is 6.43. The highest BCUT2D eigenvalue weighted by atomic mass is 28.4. The summed E-state index contributed by atoms with van der Waals surface area (Å²) in [5.74, 6) is 0.408. The van der Waals surface area contributed by atoms with E-state index in [2.05, 4.69) is 57.8 Å². The molecule has 1 fully saturated rings. The number of ketones is 1. The van der Waals surface area contributed by atoms with Gasteiger partial charge in [-0.2, -0.15) is 5.26 Å². The minimum atomic E-state index is -1.98. The van der Waals surface area contributed by atoms with Crippen molar-refractivity contribution in [1.29, 1.82) is 5.26 Å². The van der Waals surface area contributed by atoms with Gasteiger partial charge in [-0.05, 0) is 53.4 Å². The quantitative estimate of drug-likeness (QED) is 0.142. The smallest absolute Gasteiger partial charge is 0.253 e. The van der Waals surface area contributed by atoms with Gasteiger partial charge in [0, 0.05) is 37.0 Å². The second-order valence-corrected chi connectivity index (χ2v) is 17.1. The third-order valence-corrected chi connectivity index (χ3v) is 14.4. The van der Waals surface area contributed by atoms with Crippen LogP contribution in [0.25, 0.3) is 0 Å². The second-order valence-electron chi connectivity index (χ2n) is 11.7. The zero-order chi connectivity index (χ0) is 29.7. The molecule has 0 radical (unpaired) electrons. The molecule has 4 rings (SSSR count). The average molecular weight is 575 g/mol. The number of hydrogen-bond donors (Lipinski definition) is 1. The first-order valence-corrected chi connectivity index (χ1v) is 16.7. The summed E-state index contributed by atoms with van der Waals surface area (Å²) in [7, 11) is -1.98. The van der Waals surface area contributed by atoms with Gasteiger partial charge in [0.1, 0.15) is 12.4 Å². The fraction of sp³-hybridized carbons (Fsp3) is 0.469. The van der Waals surface area contributed by atoms with Gasteiger partial charge in [0.2, 0.25) is 0 Å². The minimum Gasteiger partial charge on any atom is -0.416 e. The standard InChI is InChI=1S/C32H42N4O4Si/c1-22(2)41(23(3)4,24(5)6)40-15-8-13-36-29-12-11-27(35-14-16-39-21-32(35)38)18-28(29)34-31(36)19-30(37)26-10-7-9-25(17-26)20-33/h7,9-12,17-19,22-24,34H,8,13-16,21H2,1-6H3. The molecule has 1 saturated heterocycles. The number of rotatable bonds is 11. The molecule has 0 unspecified atom stereocenters. The summed E-state index contributed by atoms with van der Waals surface area (Å²) in [6.45, 7) is 16.1. The molecule has 0 aliphatic carbocycles. The van der Waals surface area contributed by atoms with E-state index in [9.17, 15) is 14.9 Å². The SMILES string of the molecule is CC(C)[Si](OCCCN1C(=CC(=O)c2cccc(C#N)c2)Nc2cc(N3CCOCC3=O)ccc21)(C(C)C)C(C)C. The molecule has 8 nitrogen and oxygen atoms in total. The lowest BCUT2D eigenvalue weighted by atomic mass is 10.1. The van der Waals surface area contributed by atoms with E-state index in [1.165, 1.54) is 0 Å². The van der Waals surface area contributed by atoms with Crippen molar-refractivity contribution >= 4 is 37.1 Å². The molecule has 2 aliphatic rings. The number of morpholine rings is 1. The third kappa shape index (κ3) is 6.40. The third-order valence-electron chi connectivity index (χ3n) is 8.25. The highest BCUT2D eigenvalue weighted by Crippen LogP contribution is 2.43. The van der Waals surface area contributed by atoms with Crippen LogP contribution in [0.3, 0.4) is 0 Å². The number of carbonyl (C=O) groups is 2. The Kier molecular flexibility index (Phi) is 9.69. The molecule has 2 aromatic rings. The van der Waals surface area contributed by atoms with E-state index in [-0.39, 0.29) is 18.3 Å². The molecule has 0 saturated carbocycles. The van der Waals surface area contributed by atoms with Gasteiger partial charge in [-0.3, -0.25) is 9.59 Å². The van der Waals surface area contributed by atoms with Crippen LogP contribution in [0.4, 0.5) is 17.1 Å². The monoisotopic (exact) mass is 574 g/mol. The Morgan fingerprint density at radius 1 is 1.12 bits per heavy atom. The molecule has 0 spiro atoms. The van der Waals surface area contributed by atoms with Crippen molar-refractivity contribution in [3.63, 3.8) is 0 Å². The number of amides is 1. The number of hydrogen-bond acceptors (Lipinski definition) is 7. The fourth-order valence-corrected chi connectivity index (χ4v) is 11.9. The number of fused-ring (bicyclic) bond motifs is 1. The molecule has 2 aliphatic heterocycles. The first-order chi connectivity index (χ1) is 19.6. The average Bonchev–Trinajstić information content (AvgIpc) is 3.28. The minimum absolute atomic E-state index is 0.0698. The summed E-state index contributed by atoms with van der Waals surface area (Å²) >= 11 is 0. The summed E-state index contributed by atoms with van der Waals surface area (Å²) in [5.41, 5.74) is 5.00. The van der Waals surface area contributed by atoms with Crippen molar-refractivity contribution in [3.8, 4) is 6.07 Å². The van der Waals surface area contributed by atoms with Crippen molar-refractivity contribution in [2.24, 2.45) is 0 Å². The molecule has 0 aromatic heterocycles. The molecular formula is C32H42N4O4Si. The Morgan fingerprint density at radius 2 is 1.85 bits per heavy atom. The molecule has 1 N–H and O–H groups in total. The van der Waals surface area contributed by atoms with E-state index in [0.717, 1.165) is 23.5 Å². The van der Waals surface area contributed by atoms with Crippen LogP contribution < -0.4 is 15.1 Å². The van der Waals surface area contributed by atoms with E-state index >= 15 is 0 Å². The van der Waals surface area contributed by atoms with Gasteiger partial charge in [0.25, 0.3) is 5.91 Å². The zero-order valence-electron chi connectivity index (χ0n) is 25.1. The van der Waals surface area contributed by atoms with Gasteiger partial charge in [-0.15, -0.1) is 0 Å². The Labute approximate surface area is 245 Å². The Morgan fingerprint density at radius 3 is 2.51 bits per heavy atom. The highest BCUT2D eigenvalue weighted by molar-refractivity contribution is 6.77. The number of nitriles is 1. The second kappa shape index (κ2) is 13.0. The van der Waals surface area contributed by atoms with E-state index in [1.54, 1.807) is 35.2 Å². The lowest BCUT2D eigenvalue weighted by Gasteiger charge is -2.42. The number of benzene rings is 2. The predicted molar refractivity (Wildman–Crippen MR) is 166 cm³/mol.